The maximum atomic E-state index is 14.1. The van der Waals surface area contributed by atoms with Gasteiger partial charge >= 0.3 is 6.01 Å². The van der Waals surface area contributed by atoms with Crippen LogP contribution in [0, 0.1) is 5.82 Å². The minimum atomic E-state index is -0.638. The molecular formula is C25H21FN2O3. The van der Waals surface area contributed by atoms with Crippen LogP contribution in [0.2, 0.25) is 0 Å². The van der Waals surface area contributed by atoms with E-state index < -0.39 is 5.82 Å². The molecule has 0 atom stereocenters. The lowest BCUT2D eigenvalue weighted by Gasteiger charge is -2.12. The van der Waals surface area contributed by atoms with Crippen molar-refractivity contribution in [2.75, 3.05) is 6.61 Å². The normalized spacial score (nSPS) is 10.5. The summed E-state index contributed by atoms with van der Waals surface area (Å²) in [5.41, 5.74) is 1.91. The number of aromatic nitrogens is 2. The van der Waals surface area contributed by atoms with E-state index in [1.807, 2.05) is 84.9 Å². The molecule has 5 nitrogen and oxygen atoms in total. The van der Waals surface area contributed by atoms with Crippen molar-refractivity contribution in [1.82, 2.24) is 9.97 Å². The second-order valence-corrected chi connectivity index (χ2v) is 6.70. The molecule has 0 radical (unpaired) electrons. The summed E-state index contributed by atoms with van der Waals surface area (Å²) in [6, 6.07) is 26.9. The predicted octanol–water partition coefficient (Wildman–Crippen LogP) is 5.61. The molecule has 0 fully saturated rings. The van der Waals surface area contributed by atoms with Gasteiger partial charge < -0.3 is 14.2 Å². The number of benzene rings is 3. The summed E-state index contributed by atoms with van der Waals surface area (Å²) >= 11 is 0. The fourth-order valence-corrected chi connectivity index (χ4v) is 2.91. The average molecular weight is 416 g/mol. The Kier molecular flexibility index (Phi) is 6.70. The van der Waals surface area contributed by atoms with E-state index >= 15 is 0 Å². The molecule has 4 aromatic rings. The SMILES string of the molecule is Fc1cnc(OCc2ccccc2)nc1OCCc1ccccc1Oc1ccccc1. The molecule has 1 aromatic heterocycles. The van der Waals surface area contributed by atoms with Crippen LogP contribution in [0.5, 0.6) is 23.4 Å². The molecule has 156 valence electrons. The van der Waals surface area contributed by atoms with Crippen LogP contribution in [-0.4, -0.2) is 16.6 Å². The van der Waals surface area contributed by atoms with Gasteiger partial charge in [0, 0.05) is 6.42 Å². The summed E-state index contributed by atoms with van der Waals surface area (Å²) in [7, 11) is 0. The Bertz CT molecular complexity index is 1110. The van der Waals surface area contributed by atoms with Crippen molar-refractivity contribution >= 4 is 0 Å². The molecule has 0 saturated carbocycles. The molecule has 0 aliphatic rings. The topological polar surface area (TPSA) is 53.5 Å². The van der Waals surface area contributed by atoms with Crippen LogP contribution in [-0.2, 0) is 13.0 Å². The molecule has 31 heavy (non-hydrogen) atoms. The molecule has 0 unspecified atom stereocenters. The van der Waals surface area contributed by atoms with E-state index in [1.54, 1.807) is 0 Å². The summed E-state index contributed by atoms with van der Waals surface area (Å²) < 4.78 is 31.2. The Morgan fingerprint density at radius 2 is 1.48 bits per heavy atom. The van der Waals surface area contributed by atoms with Gasteiger partial charge in [-0.15, -0.1) is 0 Å². The van der Waals surface area contributed by atoms with E-state index in [1.165, 1.54) is 0 Å². The van der Waals surface area contributed by atoms with E-state index in [0.717, 1.165) is 28.8 Å². The fraction of sp³-hybridized carbons (Fsp3) is 0.120. The second kappa shape index (κ2) is 10.2. The van der Waals surface area contributed by atoms with Gasteiger partial charge in [0.25, 0.3) is 5.88 Å². The summed E-state index contributed by atoms with van der Waals surface area (Å²) in [6.45, 7) is 0.511. The molecule has 0 saturated heterocycles. The molecule has 0 N–H and O–H groups in total. The maximum absolute atomic E-state index is 14.1. The van der Waals surface area contributed by atoms with Gasteiger partial charge in [-0.25, -0.2) is 4.98 Å². The number of ether oxygens (including phenoxy) is 3. The monoisotopic (exact) mass is 416 g/mol. The van der Waals surface area contributed by atoms with Crippen molar-refractivity contribution in [3.05, 3.63) is 108 Å². The quantitative estimate of drug-likeness (QED) is 0.355. The Balaban J connectivity index is 1.36. The summed E-state index contributed by atoms with van der Waals surface area (Å²) in [5, 5.41) is 0. The lowest BCUT2D eigenvalue weighted by Crippen LogP contribution is -2.07. The zero-order chi connectivity index (χ0) is 21.3. The molecule has 0 aliphatic carbocycles. The van der Waals surface area contributed by atoms with Crippen molar-refractivity contribution < 1.29 is 18.6 Å². The van der Waals surface area contributed by atoms with Crippen LogP contribution < -0.4 is 14.2 Å². The van der Waals surface area contributed by atoms with Crippen molar-refractivity contribution in [3.63, 3.8) is 0 Å². The van der Waals surface area contributed by atoms with E-state index in [2.05, 4.69) is 9.97 Å². The zero-order valence-electron chi connectivity index (χ0n) is 16.8. The van der Waals surface area contributed by atoms with Gasteiger partial charge in [0.15, 0.2) is 0 Å². The first-order valence-corrected chi connectivity index (χ1v) is 9.91. The average Bonchev–Trinajstić information content (AvgIpc) is 2.82. The third kappa shape index (κ3) is 5.79. The van der Waals surface area contributed by atoms with Crippen LogP contribution in [0.25, 0.3) is 0 Å². The predicted molar refractivity (Wildman–Crippen MR) is 115 cm³/mol. The molecule has 6 heteroatoms. The first-order valence-electron chi connectivity index (χ1n) is 9.91. The van der Waals surface area contributed by atoms with E-state index in [9.17, 15) is 4.39 Å². The number of halogens is 1. The minimum absolute atomic E-state index is 0.0630. The van der Waals surface area contributed by atoms with Crippen molar-refractivity contribution in [2.45, 2.75) is 13.0 Å². The highest BCUT2D eigenvalue weighted by Crippen LogP contribution is 2.26. The second-order valence-electron chi connectivity index (χ2n) is 6.70. The standard InChI is InChI=1S/C25H21FN2O3/c26-22-17-27-25(30-18-19-9-3-1-4-10-19)28-24(22)29-16-15-20-11-7-8-14-23(20)31-21-12-5-2-6-13-21/h1-14,17H,15-16,18H2. The van der Waals surface area contributed by atoms with Gasteiger partial charge in [0.1, 0.15) is 18.1 Å². The van der Waals surface area contributed by atoms with Crippen LogP contribution in [0.4, 0.5) is 4.39 Å². The fourth-order valence-electron chi connectivity index (χ4n) is 2.91. The smallest absolute Gasteiger partial charge is 0.320 e. The Morgan fingerprint density at radius 3 is 2.29 bits per heavy atom. The molecule has 0 spiro atoms. The van der Waals surface area contributed by atoms with Crippen molar-refractivity contribution in [3.8, 4) is 23.4 Å². The third-order valence-corrected chi connectivity index (χ3v) is 4.45. The maximum Gasteiger partial charge on any atom is 0.320 e. The van der Waals surface area contributed by atoms with E-state index in [0.29, 0.717) is 6.42 Å². The number of nitrogens with zero attached hydrogens (tertiary/aromatic N) is 2. The molecular weight excluding hydrogens is 395 g/mol. The van der Waals surface area contributed by atoms with Crippen molar-refractivity contribution in [1.29, 1.82) is 0 Å². The van der Waals surface area contributed by atoms with Gasteiger partial charge in [-0.3, -0.25) is 0 Å². The van der Waals surface area contributed by atoms with Gasteiger partial charge in [-0.1, -0.05) is 66.7 Å². The first-order chi connectivity index (χ1) is 15.3. The number of rotatable bonds is 9. The lowest BCUT2D eigenvalue weighted by molar-refractivity contribution is 0.254. The highest BCUT2D eigenvalue weighted by Gasteiger charge is 2.11. The van der Waals surface area contributed by atoms with Crippen LogP contribution >= 0.6 is 0 Å². The number of para-hydroxylation sites is 2. The van der Waals surface area contributed by atoms with Gasteiger partial charge in [-0.2, -0.15) is 9.37 Å². The highest BCUT2D eigenvalue weighted by molar-refractivity contribution is 5.38. The van der Waals surface area contributed by atoms with Crippen LogP contribution in [0.1, 0.15) is 11.1 Å². The van der Waals surface area contributed by atoms with E-state index in [-0.39, 0.29) is 25.1 Å². The largest absolute Gasteiger partial charge is 0.475 e. The molecule has 0 aliphatic heterocycles. The summed E-state index contributed by atoms with van der Waals surface area (Å²) in [5.74, 6) is 0.700. The number of hydrogen-bond acceptors (Lipinski definition) is 5. The summed E-state index contributed by atoms with van der Waals surface area (Å²) in [4.78, 5) is 7.92. The number of hydrogen-bond donors (Lipinski definition) is 0. The Hall–Kier alpha value is -3.93. The first kappa shape index (κ1) is 20.3. The summed E-state index contributed by atoms with van der Waals surface area (Å²) in [6.07, 6.45) is 1.57. The highest BCUT2D eigenvalue weighted by atomic mass is 19.1. The lowest BCUT2D eigenvalue weighted by atomic mass is 10.1. The van der Waals surface area contributed by atoms with E-state index in [4.69, 9.17) is 14.2 Å². The van der Waals surface area contributed by atoms with Crippen LogP contribution in [0.3, 0.4) is 0 Å². The molecule has 0 bridgehead atoms. The third-order valence-electron chi connectivity index (χ3n) is 4.45. The molecule has 1 heterocycles. The Morgan fingerprint density at radius 1 is 0.774 bits per heavy atom. The zero-order valence-corrected chi connectivity index (χ0v) is 16.8. The molecule has 4 rings (SSSR count). The molecule has 0 amide bonds. The van der Waals surface area contributed by atoms with Gasteiger partial charge in [0.2, 0.25) is 5.82 Å². The minimum Gasteiger partial charge on any atom is -0.475 e. The molecule has 3 aromatic carbocycles. The Labute approximate surface area is 180 Å². The van der Waals surface area contributed by atoms with Gasteiger partial charge in [-0.05, 0) is 29.3 Å². The van der Waals surface area contributed by atoms with Crippen LogP contribution in [0.15, 0.2) is 91.1 Å². The van der Waals surface area contributed by atoms with Gasteiger partial charge in [0.05, 0.1) is 12.8 Å². The van der Waals surface area contributed by atoms with Crippen molar-refractivity contribution in [2.24, 2.45) is 0 Å².